The maximum atomic E-state index is 10.1. The molecule has 0 aromatic carbocycles. The van der Waals surface area contributed by atoms with Gasteiger partial charge in [0.2, 0.25) is 0 Å². The first-order valence-corrected chi connectivity index (χ1v) is 6.89. The van der Waals surface area contributed by atoms with Crippen molar-refractivity contribution in [2.24, 2.45) is 11.5 Å². The van der Waals surface area contributed by atoms with E-state index in [0.717, 1.165) is 0 Å². The predicted octanol–water partition coefficient (Wildman–Crippen LogP) is -1.12. The van der Waals surface area contributed by atoms with E-state index in [1.807, 2.05) is 0 Å². The van der Waals surface area contributed by atoms with Crippen molar-refractivity contribution in [3.05, 3.63) is 0 Å². The third-order valence-corrected chi connectivity index (χ3v) is 4.40. The number of hydrogen-bond donors (Lipinski definition) is 2. The molecule has 0 aliphatic rings. The van der Waals surface area contributed by atoms with Crippen LogP contribution in [0.1, 0.15) is 0 Å². The van der Waals surface area contributed by atoms with Gasteiger partial charge in [-0.25, -0.2) is 0 Å². The Morgan fingerprint density at radius 3 is 1.67 bits per heavy atom. The molecular weight excluding hydrogens is 173 g/mol. The number of nitrogens with two attached hydrogens (primary N) is 2. The molecule has 5 heteroatoms. The van der Waals surface area contributed by atoms with Crippen molar-refractivity contribution in [1.82, 2.24) is 0 Å². The summed E-state index contributed by atoms with van der Waals surface area (Å²) in [6, 6.07) is 0. The van der Waals surface area contributed by atoms with E-state index in [4.69, 9.17) is 11.5 Å². The third-order valence-electron chi connectivity index (χ3n) is 0.846. The quantitative estimate of drug-likeness (QED) is 0.538. The molecule has 0 aliphatic carbocycles. The first-order chi connectivity index (χ1) is 4.13. The van der Waals surface area contributed by atoms with Crippen LogP contribution in [-0.4, -0.2) is 11.8 Å². The standard InChI is InChI=1S/2C2H4NO.Zn/c2*1-2(3)4;/h2*1H2,(H2,3,4);. The molecule has 2 amide bonds. The van der Waals surface area contributed by atoms with E-state index in [2.05, 4.69) is 0 Å². The van der Waals surface area contributed by atoms with Gasteiger partial charge in [-0.05, 0) is 0 Å². The molecule has 0 rings (SSSR count). The van der Waals surface area contributed by atoms with Crippen LogP contribution < -0.4 is 11.5 Å². The van der Waals surface area contributed by atoms with Crippen molar-refractivity contribution in [2.45, 2.75) is 10.0 Å². The van der Waals surface area contributed by atoms with Crippen LogP contribution in [0.2, 0.25) is 10.0 Å². The molecule has 0 atom stereocenters. The van der Waals surface area contributed by atoms with Crippen LogP contribution in [0.15, 0.2) is 0 Å². The molecule has 0 aromatic heterocycles. The molecule has 48 valence electrons. The molecule has 0 aliphatic heterocycles. The van der Waals surface area contributed by atoms with E-state index in [1.54, 1.807) is 0 Å². The van der Waals surface area contributed by atoms with Crippen LogP contribution >= 0.6 is 0 Å². The van der Waals surface area contributed by atoms with Crippen LogP contribution in [0.5, 0.6) is 0 Å². The second-order valence-corrected chi connectivity index (χ2v) is 5.37. The summed E-state index contributed by atoms with van der Waals surface area (Å²) in [6.07, 6.45) is 0. The summed E-state index contributed by atoms with van der Waals surface area (Å²) in [4.78, 5) is 20.2. The number of primary amides is 2. The SMILES string of the molecule is NC(=O)[CH2][Zn][CH2]C(N)=O. The van der Waals surface area contributed by atoms with Gasteiger partial charge in [-0.3, -0.25) is 0 Å². The minimum atomic E-state index is -1.02. The average Bonchev–Trinajstić information content (AvgIpc) is 1.63. The summed E-state index contributed by atoms with van der Waals surface area (Å²) < 4.78 is 0. The molecule has 0 saturated carbocycles. The zero-order valence-corrected chi connectivity index (χ0v) is 8.06. The van der Waals surface area contributed by atoms with Crippen LogP contribution in [0.25, 0.3) is 0 Å². The fourth-order valence-electron chi connectivity index (χ4n) is 0.437. The van der Waals surface area contributed by atoms with Crippen LogP contribution in [0.3, 0.4) is 0 Å². The van der Waals surface area contributed by atoms with Gasteiger partial charge in [0, 0.05) is 0 Å². The van der Waals surface area contributed by atoms with Gasteiger partial charge >= 0.3 is 60.0 Å². The van der Waals surface area contributed by atoms with Crippen molar-refractivity contribution in [3.8, 4) is 0 Å². The van der Waals surface area contributed by atoms with Crippen molar-refractivity contribution < 1.29 is 26.7 Å². The van der Waals surface area contributed by atoms with Gasteiger partial charge in [0.05, 0.1) is 0 Å². The molecule has 9 heavy (non-hydrogen) atoms. The monoisotopic (exact) mass is 180 g/mol. The van der Waals surface area contributed by atoms with E-state index in [9.17, 15) is 9.59 Å². The van der Waals surface area contributed by atoms with Gasteiger partial charge < -0.3 is 0 Å². The normalized spacial score (nSPS) is 8.00. The summed E-state index contributed by atoms with van der Waals surface area (Å²) >= 11 is -1.02. The minimum absolute atomic E-state index is 0.309. The van der Waals surface area contributed by atoms with Gasteiger partial charge in [0.15, 0.2) is 0 Å². The second kappa shape index (κ2) is 4.44. The van der Waals surface area contributed by atoms with E-state index >= 15 is 0 Å². The number of rotatable bonds is 4. The fourth-order valence-corrected chi connectivity index (χ4v) is 2.27. The number of amides is 2. The Hall–Kier alpha value is -0.437. The Balaban J connectivity index is 3.10. The molecule has 4 nitrogen and oxygen atoms in total. The van der Waals surface area contributed by atoms with Crippen molar-refractivity contribution in [1.29, 1.82) is 0 Å². The molecule has 4 N–H and O–H groups in total. The average molecular weight is 182 g/mol. The first kappa shape index (κ1) is 8.56. The van der Waals surface area contributed by atoms with E-state index in [-0.39, 0.29) is 11.8 Å². The van der Waals surface area contributed by atoms with Gasteiger partial charge in [-0.15, -0.1) is 0 Å². The van der Waals surface area contributed by atoms with E-state index < -0.39 is 17.1 Å². The molecule has 0 heterocycles. The maximum absolute atomic E-state index is 10.1. The van der Waals surface area contributed by atoms with Gasteiger partial charge in [-0.2, -0.15) is 0 Å². The molecule has 0 saturated heterocycles. The Labute approximate surface area is 60.6 Å². The van der Waals surface area contributed by atoms with E-state index in [1.165, 1.54) is 0 Å². The first-order valence-electron chi connectivity index (χ1n) is 2.69. The summed E-state index contributed by atoms with van der Waals surface area (Å²) in [7, 11) is 0. The molecule has 0 bridgehead atoms. The van der Waals surface area contributed by atoms with Crippen molar-refractivity contribution >= 4 is 11.8 Å². The predicted molar refractivity (Wildman–Crippen MR) is 28.0 cm³/mol. The van der Waals surface area contributed by atoms with Gasteiger partial charge in [0.25, 0.3) is 0 Å². The zero-order chi connectivity index (χ0) is 7.28. The summed E-state index contributed by atoms with van der Waals surface area (Å²) in [5.41, 5.74) is 9.67. The fraction of sp³-hybridized carbons (Fsp3) is 0.500. The van der Waals surface area contributed by atoms with Gasteiger partial charge in [-0.1, -0.05) is 0 Å². The van der Waals surface area contributed by atoms with Gasteiger partial charge in [0.1, 0.15) is 0 Å². The Morgan fingerprint density at radius 1 is 1.11 bits per heavy atom. The van der Waals surface area contributed by atoms with E-state index in [0.29, 0.717) is 10.0 Å². The Bertz CT molecular complexity index is 112. The third kappa shape index (κ3) is 7.56. The molecule has 0 radical (unpaired) electrons. The molecule has 0 spiro atoms. The number of carbonyl (C=O) groups is 2. The molecular formula is C4H8N2O2Zn. The summed E-state index contributed by atoms with van der Waals surface area (Å²) in [5, 5.41) is 0.853. The zero-order valence-electron chi connectivity index (χ0n) is 5.09. The summed E-state index contributed by atoms with van der Waals surface area (Å²) in [6.45, 7) is 0. The molecule has 0 unspecified atom stereocenters. The Kier molecular flexibility index (Phi) is 4.23. The summed E-state index contributed by atoms with van der Waals surface area (Å²) in [5.74, 6) is -0.618. The number of hydrogen-bond acceptors (Lipinski definition) is 2. The van der Waals surface area contributed by atoms with Crippen molar-refractivity contribution in [2.75, 3.05) is 0 Å². The number of carbonyl (C=O) groups excluding carboxylic acids is 2. The van der Waals surface area contributed by atoms with Crippen molar-refractivity contribution in [3.63, 3.8) is 0 Å². The van der Waals surface area contributed by atoms with Crippen LogP contribution in [0.4, 0.5) is 0 Å². The molecule has 0 aromatic rings. The second-order valence-electron chi connectivity index (χ2n) is 1.79. The molecule has 0 fully saturated rings. The topological polar surface area (TPSA) is 86.2 Å². The van der Waals surface area contributed by atoms with Crippen LogP contribution in [-0.2, 0) is 26.7 Å². The Morgan fingerprint density at radius 2 is 1.44 bits per heavy atom. The van der Waals surface area contributed by atoms with Crippen LogP contribution in [0, 0.1) is 0 Å².